The molecular formula is C14H18N2O5. The van der Waals surface area contributed by atoms with Crippen LogP contribution in [-0.2, 0) is 0 Å². The van der Waals surface area contributed by atoms with Crippen molar-refractivity contribution in [3.8, 4) is 5.75 Å². The van der Waals surface area contributed by atoms with Crippen molar-refractivity contribution in [1.29, 1.82) is 0 Å². The van der Waals surface area contributed by atoms with Gasteiger partial charge in [0.15, 0.2) is 5.75 Å². The molecular weight excluding hydrogens is 276 g/mol. The number of nitrogens with zero attached hydrogens (tertiary/aromatic N) is 1. The van der Waals surface area contributed by atoms with Crippen LogP contribution < -0.4 is 10.1 Å². The number of aliphatic hydroxyl groups excluding tert-OH is 1. The smallest absolute Gasteiger partial charge is 0.310 e. The van der Waals surface area contributed by atoms with Gasteiger partial charge in [0.25, 0.3) is 5.91 Å². The lowest BCUT2D eigenvalue weighted by Crippen LogP contribution is -2.45. The third-order valence-electron chi connectivity index (χ3n) is 3.68. The lowest BCUT2D eigenvalue weighted by molar-refractivity contribution is -0.385. The maximum absolute atomic E-state index is 12.2. The number of carbonyl (C=O) groups is 1. The average Bonchev–Trinajstić information content (AvgIpc) is 2.48. The Hall–Kier alpha value is -2.15. The molecule has 0 aliphatic heterocycles. The van der Waals surface area contributed by atoms with Crippen LogP contribution in [-0.4, -0.2) is 35.2 Å². The van der Waals surface area contributed by atoms with Gasteiger partial charge in [-0.05, 0) is 18.9 Å². The van der Waals surface area contributed by atoms with Gasteiger partial charge in [0.05, 0.1) is 24.2 Å². The highest BCUT2D eigenvalue weighted by atomic mass is 16.6. The zero-order valence-electron chi connectivity index (χ0n) is 11.7. The molecule has 2 rings (SSSR count). The zero-order chi connectivity index (χ0) is 15.4. The van der Waals surface area contributed by atoms with Crippen molar-refractivity contribution in [1.82, 2.24) is 5.32 Å². The van der Waals surface area contributed by atoms with Gasteiger partial charge in [-0.3, -0.25) is 14.9 Å². The van der Waals surface area contributed by atoms with E-state index in [1.54, 1.807) is 0 Å². The van der Waals surface area contributed by atoms with Crippen molar-refractivity contribution >= 4 is 11.6 Å². The summed E-state index contributed by atoms with van der Waals surface area (Å²) >= 11 is 0. The summed E-state index contributed by atoms with van der Waals surface area (Å²) in [6.07, 6.45) is 2.79. The van der Waals surface area contributed by atoms with E-state index in [0.717, 1.165) is 19.3 Å². The highest BCUT2D eigenvalue weighted by Gasteiger charge is 2.25. The standard InChI is InChI=1S/C14H18N2O5/c1-21-13-8-9(6-7-11(13)16(19)20)14(18)15-10-4-2-3-5-12(10)17/h6-8,10,12,17H,2-5H2,1H3,(H,15,18)/t10-,12-/m1/s1. The molecule has 2 N–H and O–H groups in total. The van der Waals surface area contributed by atoms with Gasteiger partial charge in [-0.25, -0.2) is 0 Å². The van der Waals surface area contributed by atoms with Crippen LogP contribution in [0.3, 0.4) is 0 Å². The molecule has 1 fully saturated rings. The number of rotatable bonds is 4. The number of carbonyl (C=O) groups excluding carboxylic acids is 1. The topological polar surface area (TPSA) is 102 Å². The summed E-state index contributed by atoms with van der Waals surface area (Å²) in [4.78, 5) is 22.4. The third-order valence-corrected chi connectivity index (χ3v) is 3.68. The molecule has 0 bridgehead atoms. The number of aliphatic hydroxyl groups is 1. The third kappa shape index (κ3) is 3.49. The number of nitro benzene ring substituents is 1. The minimum absolute atomic E-state index is 0.0387. The molecule has 0 saturated heterocycles. The maximum atomic E-state index is 12.2. The van der Waals surface area contributed by atoms with Crippen LogP contribution in [0.2, 0.25) is 0 Å². The molecule has 1 aliphatic carbocycles. The number of hydrogen-bond acceptors (Lipinski definition) is 5. The molecule has 1 amide bonds. The molecule has 0 unspecified atom stereocenters. The molecule has 21 heavy (non-hydrogen) atoms. The van der Waals surface area contributed by atoms with Crippen molar-refractivity contribution < 1.29 is 19.6 Å². The van der Waals surface area contributed by atoms with E-state index in [0.29, 0.717) is 6.42 Å². The Labute approximate surface area is 122 Å². The van der Waals surface area contributed by atoms with Crippen LogP contribution in [0.4, 0.5) is 5.69 Å². The molecule has 0 radical (unpaired) electrons. The lowest BCUT2D eigenvalue weighted by Gasteiger charge is -2.28. The first-order valence-corrected chi connectivity index (χ1v) is 6.84. The van der Waals surface area contributed by atoms with E-state index < -0.39 is 11.0 Å². The Kier molecular flexibility index (Phi) is 4.74. The number of methoxy groups -OCH3 is 1. The summed E-state index contributed by atoms with van der Waals surface area (Å²) in [6.45, 7) is 0. The van der Waals surface area contributed by atoms with E-state index in [1.807, 2.05) is 0 Å². The minimum Gasteiger partial charge on any atom is -0.490 e. The number of nitro groups is 1. The van der Waals surface area contributed by atoms with Crippen molar-refractivity contribution in [3.63, 3.8) is 0 Å². The van der Waals surface area contributed by atoms with Gasteiger partial charge in [0.2, 0.25) is 0 Å². The fourth-order valence-electron chi connectivity index (χ4n) is 2.50. The van der Waals surface area contributed by atoms with E-state index in [4.69, 9.17) is 4.74 Å². The van der Waals surface area contributed by atoms with Crippen LogP contribution in [0.25, 0.3) is 0 Å². The van der Waals surface area contributed by atoms with Crippen molar-refractivity contribution in [2.75, 3.05) is 7.11 Å². The number of nitrogens with one attached hydrogen (secondary N) is 1. The van der Waals surface area contributed by atoms with E-state index in [-0.39, 0.29) is 28.9 Å². The molecule has 114 valence electrons. The second kappa shape index (κ2) is 6.53. The Morgan fingerprint density at radius 1 is 1.43 bits per heavy atom. The summed E-state index contributed by atoms with van der Waals surface area (Å²) in [5.41, 5.74) is 0.0852. The van der Waals surface area contributed by atoms with Crippen LogP contribution in [0.1, 0.15) is 36.0 Å². The second-order valence-electron chi connectivity index (χ2n) is 5.08. The van der Waals surface area contributed by atoms with E-state index in [2.05, 4.69) is 5.32 Å². The predicted molar refractivity (Wildman–Crippen MR) is 75.4 cm³/mol. The maximum Gasteiger partial charge on any atom is 0.310 e. The van der Waals surface area contributed by atoms with Gasteiger partial charge in [-0.15, -0.1) is 0 Å². The minimum atomic E-state index is -0.564. The second-order valence-corrected chi connectivity index (χ2v) is 5.08. The van der Waals surface area contributed by atoms with E-state index in [9.17, 15) is 20.0 Å². The molecule has 1 aromatic rings. The van der Waals surface area contributed by atoms with Crippen molar-refractivity contribution in [2.24, 2.45) is 0 Å². The number of benzene rings is 1. The first kappa shape index (κ1) is 15.2. The van der Waals surface area contributed by atoms with Gasteiger partial charge in [0, 0.05) is 17.7 Å². The number of amides is 1. The van der Waals surface area contributed by atoms with Gasteiger partial charge < -0.3 is 15.2 Å². The normalized spacial score (nSPS) is 21.6. The summed E-state index contributed by atoms with van der Waals surface area (Å²) in [7, 11) is 1.31. The molecule has 1 aliphatic rings. The van der Waals surface area contributed by atoms with Crippen LogP contribution in [0.15, 0.2) is 18.2 Å². The van der Waals surface area contributed by atoms with Crippen LogP contribution in [0, 0.1) is 10.1 Å². The van der Waals surface area contributed by atoms with Crippen molar-refractivity contribution in [2.45, 2.75) is 37.8 Å². The summed E-state index contributed by atoms with van der Waals surface area (Å²) in [5, 5.41) is 23.4. The summed E-state index contributed by atoms with van der Waals surface area (Å²) < 4.78 is 4.94. The largest absolute Gasteiger partial charge is 0.490 e. The SMILES string of the molecule is COc1cc(C(=O)N[C@@H]2CCCC[C@H]2O)ccc1[N+](=O)[O-]. The van der Waals surface area contributed by atoms with Gasteiger partial charge in [-0.2, -0.15) is 0 Å². The molecule has 2 atom stereocenters. The fraction of sp³-hybridized carbons (Fsp3) is 0.500. The number of ether oxygens (including phenoxy) is 1. The molecule has 1 saturated carbocycles. The Morgan fingerprint density at radius 3 is 2.76 bits per heavy atom. The van der Waals surface area contributed by atoms with Gasteiger partial charge >= 0.3 is 5.69 Å². The molecule has 0 heterocycles. The molecule has 7 nitrogen and oxygen atoms in total. The zero-order valence-corrected chi connectivity index (χ0v) is 11.7. The molecule has 0 spiro atoms. The first-order chi connectivity index (χ1) is 10.0. The summed E-state index contributed by atoms with van der Waals surface area (Å²) in [6, 6.07) is 3.69. The highest BCUT2D eigenvalue weighted by Crippen LogP contribution is 2.27. The predicted octanol–water partition coefficient (Wildman–Crippen LogP) is 1.64. The Bertz CT molecular complexity index is 546. The van der Waals surface area contributed by atoms with Crippen LogP contribution in [0.5, 0.6) is 5.75 Å². The van der Waals surface area contributed by atoms with E-state index in [1.165, 1.54) is 25.3 Å². The number of hydrogen-bond donors (Lipinski definition) is 2. The van der Waals surface area contributed by atoms with Crippen molar-refractivity contribution in [3.05, 3.63) is 33.9 Å². The lowest BCUT2D eigenvalue weighted by atomic mass is 9.92. The summed E-state index contributed by atoms with van der Waals surface area (Å²) in [5.74, 6) is -0.328. The van der Waals surface area contributed by atoms with Gasteiger partial charge in [-0.1, -0.05) is 12.8 Å². The Balaban J connectivity index is 2.13. The Morgan fingerprint density at radius 2 is 2.14 bits per heavy atom. The molecule has 0 aromatic heterocycles. The van der Waals surface area contributed by atoms with Crippen LogP contribution >= 0.6 is 0 Å². The highest BCUT2D eigenvalue weighted by molar-refractivity contribution is 5.95. The molecule has 7 heteroatoms. The average molecular weight is 294 g/mol. The quantitative estimate of drug-likeness (QED) is 0.649. The fourth-order valence-corrected chi connectivity index (χ4v) is 2.50. The van der Waals surface area contributed by atoms with Gasteiger partial charge in [0.1, 0.15) is 0 Å². The molecule has 1 aromatic carbocycles. The monoisotopic (exact) mass is 294 g/mol. The first-order valence-electron chi connectivity index (χ1n) is 6.84. The van der Waals surface area contributed by atoms with E-state index >= 15 is 0 Å².